The maximum Gasteiger partial charge on any atom is 0.317 e. The Balaban J connectivity index is 1.92. The number of nitrogens with one attached hydrogen (secondary N) is 1. The lowest BCUT2D eigenvalue weighted by molar-refractivity contribution is 0.195. The number of hydrogen-bond donors (Lipinski definition) is 1. The zero-order valence-electron chi connectivity index (χ0n) is 14.3. The van der Waals surface area contributed by atoms with E-state index in [0.717, 1.165) is 5.69 Å². The van der Waals surface area contributed by atoms with Gasteiger partial charge in [0.1, 0.15) is 0 Å². The predicted molar refractivity (Wildman–Crippen MR) is 91.6 cm³/mol. The maximum absolute atomic E-state index is 12.3. The highest BCUT2D eigenvalue weighted by Crippen LogP contribution is 2.26. The summed E-state index contributed by atoms with van der Waals surface area (Å²) in [5.74, 6) is 0.679. The van der Waals surface area contributed by atoms with Crippen LogP contribution in [0.2, 0.25) is 0 Å². The first kappa shape index (κ1) is 17.5. The summed E-state index contributed by atoms with van der Waals surface area (Å²) in [5, 5.41) is 8.91. The molecule has 2 aromatic rings. The molecule has 0 aliphatic rings. The highest BCUT2D eigenvalue weighted by atomic mass is 32.1. The fourth-order valence-corrected chi connectivity index (χ4v) is 3.47. The lowest BCUT2D eigenvalue weighted by Gasteiger charge is -2.26. The van der Waals surface area contributed by atoms with Crippen LogP contribution in [0, 0.1) is 13.8 Å². The third-order valence-electron chi connectivity index (χ3n) is 3.69. The average Bonchev–Trinajstić information content (AvgIpc) is 3.08. The van der Waals surface area contributed by atoms with Crippen molar-refractivity contribution in [1.29, 1.82) is 0 Å². The molecule has 2 amide bonds. The van der Waals surface area contributed by atoms with Crippen LogP contribution in [0.3, 0.4) is 0 Å². The van der Waals surface area contributed by atoms with Crippen molar-refractivity contribution < 1.29 is 9.32 Å². The minimum absolute atomic E-state index is 0.125. The van der Waals surface area contributed by atoms with E-state index in [1.54, 1.807) is 23.3 Å². The average molecular weight is 336 g/mol. The molecule has 2 heterocycles. The number of hydrogen-bond acceptors (Lipinski definition) is 5. The van der Waals surface area contributed by atoms with Crippen LogP contribution in [0.25, 0.3) is 0 Å². The topological polar surface area (TPSA) is 61.6 Å². The number of carbonyl (C=O) groups excluding carboxylic acids is 1. The van der Waals surface area contributed by atoms with E-state index < -0.39 is 0 Å². The fourth-order valence-electron chi connectivity index (χ4n) is 2.35. The lowest BCUT2D eigenvalue weighted by Crippen LogP contribution is -2.41. The van der Waals surface area contributed by atoms with Crippen LogP contribution in [-0.4, -0.2) is 48.7 Å². The number of aromatic nitrogens is 1. The minimum atomic E-state index is -0.125. The number of rotatable bonds is 6. The number of thiophene rings is 1. The summed E-state index contributed by atoms with van der Waals surface area (Å²) in [6.07, 6.45) is 0. The molecule has 0 saturated heterocycles. The largest absolute Gasteiger partial charge is 0.359 e. The molecular weight excluding hydrogens is 312 g/mol. The van der Waals surface area contributed by atoms with E-state index in [1.165, 1.54) is 10.4 Å². The summed E-state index contributed by atoms with van der Waals surface area (Å²) < 4.78 is 5.15. The van der Waals surface area contributed by atoms with Crippen molar-refractivity contribution in [3.63, 3.8) is 0 Å². The van der Waals surface area contributed by atoms with Crippen LogP contribution >= 0.6 is 11.3 Å². The number of amides is 2. The molecule has 0 radical (unpaired) electrons. The summed E-state index contributed by atoms with van der Waals surface area (Å²) in [6.45, 7) is 4.92. The summed E-state index contributed by atoms with van der Waals surface area (Å²) in [6, 6.07) is 3.98. The summed E-state index contributed by atoms with van der Waals surface area (Å²) >= 11 is 1.72. The third-order valence-corrected chi connectivity index (χ3v) is 4.81. The van der Waals surface area contributed by atoms with Crippen LogP contribution in [0.5, 0.6) is 0 Å². The molecule has 0 aliphatic heterocycles. The summed E-state index contributed by atoms with van der Waals surface area (Å²) in [5.41, 5.74) is 2.07. The molecule has 0 saturated carbocycles. The van der Waals surface area contributed by atoms with Gasteiger partial charge in [-0.05, 0) is 45.0 Å². The number of aryl methyl sites for hydroxylation is 2. The Morgan fingerprint density at radius 2 is 2.13 bits per heavy atom. The van der Waals surface area contributed by atoms with Gasteiger partial charge in [0.25, 0.3) is 0 Å². The maximum atomic E-state index is 12.3. The van der Waals surface area contributed by atoms with Gasteiger partial charge >= 0.3 is 6.03 Å². The van der Waals surface area contributed by atoms with Gasteiger partial charge in [0.05, 0.1) is 18.3 Å². The van der Waals surface area contributed by atoms with Gasteiger partial charge < -0.3 is 19.6 Å². The molecule has 0 aliphatic carbocycles. The molecule has 0 spiro atoms. The second-order valence-corrected chi connectivity index (χ2v) is 6.87. The van der Waals surface area contributed by atoms with Gasteiger partial charge in [-0.1, -0.05) is 5.16 Å². The van der Waals surface area contributed by atoms with Crippen LogP contribution in [-0.2, 0) is 6.54 Å². The van der Waals surface area contributed by atoms with Crippen molar-refractivity contribution in [1.82, 2.24) is 20.3 Å². The first-order valence-corrected chi connectivity index (χ1v) is 8.38. The van der Waals surface area contributed by atoms with Crippen LogP contribution < -0.4 is 5.32 Å². The lowest BCUT2D eigenvalue weighted by atomic mass is 10.1. The van der Waals surface area contributed by atoms with Gasteiger partial charge in [-0.2, -0.15) is 0 Å². The van der Waals surface area contributed by atoms with Crippen molar-refractivity contribution in [2.75, 3.05) is 27.7 Å². The minimum Gasteiger partial charge on any atom is -0.359 e. The van der Waals surface area contributed by atoms with E-state index in [4.69, 9.17) is 4.52 Å². The molecule has 2 aromatic heterocycles. The van der Waals surface area contributed by atoms with Crippen LogP contribution in [0.1, 0.15) is 27.9 Å². The highest BCUT2D eigenvalue weighted by Gasteiger charge is 2.20. The van der Waals surface area contributed by atoms with E-state index in [-0.39, 0.29) is 12.1 Å². The second kappa shape index (κ2) is 7.61. The Morgan fingerprint density at radius 3 is 2.65 bits per heavy atom. The predicted octanol–water partition coefficient (Wildman–Crippen LogP) is 2.80. The van der Waals surface area contributed by atoms with Crippen molar-refractivity contribution in [3.8, 4) is 0 Å². The monoisotopic (exact) mass is 336 g/mol. The molecule has 0 aromatic carbocycles. The number of urea groups is 1. The van der Waals surface area contributed by atoms with E-state index >= 15 is 0 Å². The van der Waals surface area contributed by atoms with Gasteiger partial charge in [-0.15, -0.1) is 11.3 Å². The molecule has 0 fully saturated rings. The summed E-state index contributed by atoms with van der Waals surface area (Å²) in [7, 11) is 5.79. The van der Waals surface area contributed by atoms with Crippen molar-refractivity contribution in [2.24, 2.45) is 0 Å². The zero-order chi connectivity index (χ0) is 17.0. The Morgan fingerprint density at radius 1 is 1.39 bits per heavy atom. The molecule has 1 atom stereocenters. The quantitative estimate of drug-likeness (QED) is 0.881. The number of nitrogens with zero attached hydrogens (tertiary/aromatic N) is 3. The molecule has 23 heavy (non-hydrogen) atoms. The molecule has 0 bridgehead atoms. The molecule has 6 nitrogen and oxygen atoms in total. The van der Waals surface area contributed by atoms with Crippen LogP contribution in [0.4, 0.5) is 4.79 Å². The molecule has 2 rings (SSSR count). The van der Waals surface area contributed by atoms with Gasteiger partial charge in [0.15, 0.2) is 5.76 Å². The Labute approximate surface area is 141 Å². The van der Waals surface area contributed by atoms with Gasteiger partial charge in [-0.25, -0.2) is 4.79 Å². The Hall–Kier alpha value is -1.86. The smallest absolute Gasteiger partial charge is 0.317 e. The van der Waals surface area contributed by atoms with Gasteiger partial charge in [-0.3, -0.25) is 0 Å². The molecule has 7 heteroatoms. The van der Waals surface area contributed by atoms with E-state index in [1.807, 2.05) is 27.1 Å². The number of carbonyl (C=O) groups is 1. The van der Waals surface area contributed by atoms with Crippen molar-refractivity contribution in [2.45, 2.75) is 26.4 Å². The van der Waals surface area contributed by atoms with Crippen molar-refractivity contribution >= 4 is 17.4 Å². The second-order valence-electron chi connectivity index (χ2n) is 5.92. The highest BCUT2D eigenvalue weighted by molar-refractivity contribution is 7.10. The van der Waals surface area contributed by atoms with E-state index in [9.17, 15) is 4.79 Å². The van der Waals surface area contributed by atoms with E-state index in [2.05, 4.69) is 33.7 Å². The fraction of sp³-hybridized carbons (Fsp3) is 0.500. The Bertz CT molecular complexity index is 650. The molecule has 126 valence electrons. The SMILES string of the molecule is Cc1cc(CN(C)C(=O)NC[C@H](c2sccc2C)N(C)C)on1. The summed E-state index contributed by atoms with van der Waals surface area (Å²) in [4.78, 5) is 17.3. The zero-order valence-corrected chi connectivity index (χ0v) is 15.1. The van der Waals surface area contributed by atoms with Gasteiger partial charge in [0, 0.05) is 24.5 Å². The first-order valence-electron chi connectivity index (χ1n) is 7.50. The van der Waals surface area contributed by atoms with E-state index in [0.29, 0.717) is 18.8 Å². The van der Waals surface area contributed by atoms with Crippen molar-refractivity contribution in [3.05, 3.63) is 39.4 Å². The normalized spacial score (nSPS) is 12.4. The molecular formula is C16H24N4O2S. The number of likely N-dealkylation sites (N-methyl/N-ethyl adjacent to an activating group) is 1. The molecule has 0 unspecified atom stereocenters. The Kier molecular flexibility index (Phi) is 5.79. The molecule has 1 N–H and O–H groups in total. The standard InChI is InChI=1S/C16H24N4O2S/c1-11-6-7-23-15(11)14(19(3)4)9-17-16(21)20(5)10-13-8-12(2)18-22-13/h6-8,14H,9-10H2,1-5H3,(H,17,21)/t14-/m1/s1. The first-order chi connectivity index (χ1) is 10.9. The third kappa shape index (κ3) is 4.56. The van der Waals surface area contributed by atoms with Gasteiger partial charge in [0.2, 0.25) is 0 Å². The van der Waals surface area contributed by atoms with Crippen LogP contribution in [0.15, 0.2) is 22.0 Å².